The van der Waals surface area contributed by atoms with Gasteiger partial charge in [-0.25, -0.2) is 0 Å². The van der Waals surface area contributed by atoms with E-state index in [0.29, 0.717) is 11.3 Å². The third-order valence-electron chi connectivity index (χ3n) is 6.05. The van der Waals surface area contributed by atoms with Gasteiger partial charge in [0.2, 0.25) is 11.8 Å². The van der Waals surface area contributed by atoms with E-state index in [1.807, 2.05) is 0 Å². The van der Waals surface area contributed by atoms with Crippen LogP contribution in [0.5, 0.6) is 0 Å². The van der Waals surface area contributed by atoms with Crippen LogP contribution in [0.25, 0.3) is 0 Å². The molecule has 0 radical (unpaired) electrons. The molecule has 1 fully saturated rings. The average Bonchev–Trinajstić information content (AvgIpc) is 3.35. The van der Waals surface area contributed by atoms with Crippen molar-refractivity contribution in [2.45, 2.75) is 37.5 Å². The van der Waals surface area contributed by atoms with E-state index in [9.17, 15) is 22.8 Å². The van der Waals surface area contributed by atoms with E-state index in [2.05, 4.69) is 15.7 Å². The molecule has 0 unspecified atom stereocenters. The summed E-state index contributed by atoms with van der Waals surface area (Å²) in [6.07, 6.45) is -0.669. The molecular formula is C25H25F3N4O3. The smallest absolute Gasteiger partial charge is 0.381 e. The quantitative estimate of drug-likeness (QED) is 0.531. The second-order valence-electron chi connectivity index (χ2n) is 8.41. The first kappa shape index (κ1) is 24.5. The minimum absolute atomic E-state index is 0.0650. The molecule has 3 aromatic rings. The Morgan fingerprint density at radius 2 is 1.83 bits per heavy atom. The first-order chi connectivity index (χ1) is 16.8. The molecule has 35 heavy (non-hydrogen) atoms. The number of benzene rings is 2. The number of nitrogens with zero attached hydrogens (tertiary/aromatic N) is 2. The number of carbonyl (C=O) groups excluding carboxylic acids is 2. The normalized spacial score (nSPS) is 15.4. The van der Waals surface area contributed by atoms with Crippen LogP contribution in [0.2, 0.25) is 0 Å². The van der Waals surface area contributed by atoms with Crippen LogP contribution in [0.15, 0.2) is 67.0 Å². The van der Waals surface area contributed by atoms with Gasteiger partial charge >= 0.3 is 6.18 Å². The predicted molar refractivity (Wildman–Crippen MR) is 122 cm³/mol. The van der Waals surface area contributed by atoms with Gasteiger partial charge in [-0.05, 0) is 48.2 Å². The fraction of sp³-hybridized carbons (Fsp3) is 0.320. The summed E-state index contributed by atoms with van der Waals surface area (Å²) < 4.78 is 46.8. The Balaban J connectivity index is 1.46. The minimum atomic E-state index is -4.50. The summed E-state index contributed by atoms with van der Waals surface area (Å²) in [6, 6.07) is 13.7. The highest BCUT2D eigenvalue weighted by Gasteiger charge is 2.43. The molecule has 0 saturated carbocycles. The van der Waals surface area contributed by atoms with Crippen molar-refractivity contribution in [3.8, 4) is 0 Å². The first-order valence-electron chi connectivity index (χ1n) is 11.2. The summed E-state index contributed by atoms with van der Waals surface area (Å²) >= 11 is 0. The zero-order chi connectivity index (χ0) is 24.9. The zero-order valence-electron chi connectivity index (χ0n) is 18.8. The van der Waals surface area contributed by atoms with Crippen molar-refractivity contribution in [1.82, 2.24) is 15.1 Å². The molecule has 1 aromatic heterocycles. The maximum absolute atomic E-state index is 13.4. The van der Waals surface area contributed by atoms with Crippen molar-refractivity contribution in [2.24, 2.45) is 0 Å². The SMILES string of the molecule is O=C(Cn1cccn1)Nc1cccc(CNC(=O)C2(c3cccc(C(F)(F)F)c3)CCOCC2)c1. The van der Waals surface area contributed by atoms with Crippen LogP contribution in [0, 0.1) is 0 Å². The molecular weight excluding hydrogens is 461 g/mol. The monoisotopic (exact) mass is 486 g/mol. The van der Waals surface area contributed by atoms with Crippen LogP contribution < -0.4 is 10.6 Å². The molecule has 1 aliphatic rings. The molecule has 0 spiro atoms. The number of anilines is 1. The van der Waals surface area contributed by atoms with E-state index in [4.69, 9.17) is 4.74 Å². The lowest BCUT2D eigenvalue weighted by molar-refractivity contribution is -0.138. The van der Waals surface area contributed by atoms with Crippen molar-refractivity contribution in [1.29, 1.82) is 0 Å². The number of alkyl halides is 3. The Labute approximate surface area is 200 Å². The summed E-state index contributed by atoms with van der Waals surface area (Å²) in [4.78, 5) is 25.6. The van der Waals surface area contributed by atoms with E-state index in [1.54, 1.807) is 48.8 Å². The molecule has 4 rings (SSSR count). The fourth-order valence-corrected chi connectivity index (χ4v) is 4.21. The molecule has 2 aromatic carbocycles. The van der Waals surface area contributed by atoms with Crippen LogP contribution in [-0.2, 0) is 39.0 Å². The maximum atomic E-state index is 13.4. The van der Waals surface area contributed by atoms with Crippen molar-refractivity contribution in [3.63, 3.8) is 0 Å². The minimum Gasteiger partial charge on any atom is -0.381 e. The van der Waals surface area contributed by atoms with Gasteiger partial charge in [-0.1, -0.05) is 30.3 Å². The van der Waals surface area contributed by atoms with Gasteiger partial charge in [-0.2, -0.15) is 18.3 Å². The second-order valence-corrected chi connectivity index (χ2v) is 8.41. The maximum Gasteiger partial charge on any atom is 0.416 e. The molecule has 1 saturated heterocycles. The Morgan fingerprint density at radius 1 is 1.06 bits per heavy atom. The van der Waals surface area contributed by atoms with E-state index in [1.165, 1.54) is 10.7 Å². The lowest BCUT2D eigenvalue weighted by Crippen LogP contribution is -2.47. The predicted octanol–water partition coefficient (Wildman–Crippen LogP) is 3.91. The molecule has 2 heterocycles. The van der Waals surface area contributed by atoms with E-state index < -0.39 is 17.2 Å². The number of nitrogens with one attached hydrogen (secondary N) is 2. The molecule has 7 nitrogen and oxygen atoms in total. The second kappa shape index (κ2) is 10.3. The van der Waals surface area contributed by atoms with Gasteiger partial charge in [0.05, 0.1) is 11.0 Å². The lowest BCUT2D eigenvalue weighted by Gasteiger charge is -2.36. The number of carbonyl (C=O) groups is 2. The van der Waals surface area contributed by atoms with Crippen LogP contribution in [-0.4, -0.2) is 34.8 Å². The molecule has 2 amide bonds. The molecule has 1 aliphatic heterocycles. The van der Waals surface area contributed by atoms with Gasteiger partial charge in [-0.3, -0.25) is 14.3 Å². The number of amides is 2. The summed E-state index contributed by atoms with van der Waals surface area (Å²) in [7, 11) is 0. The molecule has 2 N–H and O–H groups in total. The fourth-order valence-electron chi connectivity index (χ4n) is 4.21. The highest BCUT2D eigenvalue weighted by Crippen LogP contribution is 2.38. The van der Waals surface area contributed by atoms with Crippen LogP contribution in [0.1, 0.15) is 29.5 Å². The number of hydrogen-bond acceptors (Lipinski definition) is 4. The number of hydrogen-bond donors (Lipinski definition) is 2. The molecule has 10 heteroatoms. The van der Waals surface area contributed by atoms with E-state index in [0.717, 1.165) is 17.7 Å². The van der Waals surface area contributed by atoms with Crippen molar-refractivity contribution in [3.05, 3.63) is 83.7 Å². The molecule has 0 bridgehead atoms. The van der Waals surface area contributed by atoms with Gasteiger partial charge in [0.1, 0.15) is 6.54 Å². The summed E-state index contributed by atoms with van der Waals surface area (Å²) in [5.74, 6) is -0.603. The zero-order valence-corrected chi connectivity index (χ0v) is 18.8. The van der Waals surface area contributed by atoms with Crippen LogP contribution in [0.4, 0.5) is 18.9 Å². The van der Waals surface area contributed by atoms with Crippen LogP contribution >= 0.6 is 0 Å². The molecule has 0 atom stereocenters. The van der Waals surface area contributed by atoms with Gasteiger partial charge in [0.25, 0.3) is 0 Å². The van der Waals surface area contributed by atoms with Crippen molar-refractivity contribution in [2.75, 3.05) is 18.5 Å². The Hall–Kier alpha value is -3.66. The van der Waals surface area contributed by atoms with Crippen molar-refractivity contribution < 1.29 is 27.5 Å². The van der Waals surface area contributed by atoms with E-state index >= 15 is 0 Å². The first-order valence-corrected chi connectivity index (χ1v) is 11.2. The topological polar surface area (TPSA) is 85.3 Å². The Bertz CT molecular complexity index is 1170. The van der Waals surface area contributed by atoms with Gasteiger partial charge in [-0.15, -0.1) is 0 Å². The average molecular weight is 486 g/mol. The Kier molecular flexibility index (Phi) is 7.20. The Morgan fingerprint density at radius 3 is 2.54 bits per heavy atom. The third-order valence-corrected chi connectivity index (χ3v) is 6.05. The summed E-state index contributed by atoms with van der Waals surface area (Å²) in [5.41, 5.74) is -0.274. The summed E-state index contributed by atoms with van der Waals surface area (Å²) in [5, 5.41) is 9.67. The number of ether oxygens (including phenoxy) is 1. The largest absolute Gasteiger partial charge is 0.416 e. The lowest BCUT2D eigenvalue weighted by atomic mass is 9.73. The van der Waals surface area contributed by atoms with Crippen LogP contribution in [0.3, 0.4) is 0 Å². The summed E-state index contributed by atoms with van der Waals surface area (Å²) in [6.45, 7) is 0.779. The molecule has 0 aliphatic carbocycles. The van der Waals surface area contributed by atoms with Crippen molar-refractivity contribution >= 4 is 17.5 Å². The highest BCUT2D eigenvalue weighted by atomic mass is 19.4. The molecule has 184 valence electrons. The number of rotatable bonds is 7. The van der Waals surface area contributed by atoms with Gasteiger partial charge < -0.3 is 15.4 Å². The number of aromatic nitrogens is 2. The van der Waals surface area contributed by atoms with Gasteiger partial charge in [0, 0.05) is 37.8 Å². The number of halogens is 3. The highest BCUT2D eigenvalue weighted by molar-refractivity contribution is 5.90. The standard InChI is InChI=1S/C25H25F3N4O3/c26-25(27,28)20-6-2-5-19(15-20)24(8-12-35-13-9-24)23(34)29-16-18-4-1-7-21(14-18)31-22(33)17-32-11-3-10-30-32/h1-7,10-11,14-15H,8-9,12-13,16-17H2,(H,29,34)(H,31,33). The van der Waals surface area contributed by atoms with E-state index in [-0.39, 0.29) is 51.0 Å². The van der Waals surface area contributed by atoms with Gasteiger partial charge in [0.15, 0.2) is 0 Å². The third kappa shape index (κ3) is 5.89.